The van der Waals surface area contributed by atoms with E-state index >= 15 is 0 Å². The Morgan fingerprint density at radius 3 is 2.67 bits per heavy atom. The van der Waals surface area contributed by atoms with Crippen molar-refractivity contribution in [3.05, 3.63) is 64.9 Å². The fourth-order valence-corrected chi connectivity index (χ4v) is 5.42. The molecule has 7 heteroatoms. The second-order valence-electron chi connectivity index (χ2n) is 9.61. The molecular formula is C26H29ClN4O2. The van der Waals surface area contributed by atoms with Gasteiger partial charge in [-0.1, -0.05) is 61.7 Å². The number of para-hydroxylation sites is 2. The van der Waals surface area contributed by atoms with Crippen molar-refractivity contribution in [1.29, 1.82) is 0 Å². The monoisotopic (exact) mass is 464 g/mol. The van der Waals surface area contributed by atoms with E-state index in [0.29, 0.717) is 23.3 Å². The molecule has 0 bridgehead atoms. The fourth-order valence-electron chi connectivity index (χ4n) is 5.23. The van der Waals surface area contributed by atoms with Crippen LogP contribution < -0.4 is 5.32 Å². The first-order valence-corrected chi connectivity index (χ1v) is 12.1. The number of nitrogens with one attached hydrogen (secondary N) is 1. The van der Waals surface area contributed by atoms with Gasteiger partial charge in [-0.25, -0.2) is 4.98 Å². The molecule has 172 valence electrons. The van der Waals surface area contributed by atoms with Crippen LogP contribution in [0.3, 0.4) is 0 Å². The van der Waals surface area contributed by atoms with Gasteiger partial charge in [0.2, 0.25) is 5.91 Å². The summed E-state index contributed by atoms with van der Waals surface area (Å²) in [6.45, 7) is 4.64. The molecule has 1 aliphatic heterocycles. The van der Waals surface area contributed by atoms with E-state index in [0.717, 1.165) is 35.9 Å². The first-order chi connectivity index (χ1) is 15.9. The molecule has 1 N–H and O–H groups in total. The van der Waals surface area contributed by atoms with E-state index in [9.17, 15) is 9.59 Å². The Kier molecular flexibility index (Phi) is 5.65. The largest absolute Gasteiger partial charge is 0.351 e. The summed E-state index contributed by atoms with van der Waals surface area (Å²) in [5.41, 5.74) is 1.35. The quantitative estimate of drug-likeness (QED) is 0.603. The van der Waals surface area contributed by atoms with E-state index in [1.165, 1.54) is 6.42 Å². The number of imidazole rings is 1. The summed E-state index contributed by atoms with van der Waals surface area (Å²) >= 11 is 6.44. The van der Waals surface area contributed by atoms with Gasteiger partial charge in [0, 0.05) is 17.6 Å². The van der Waals surface area contributed by atoms with Gasteiger partial charge in [0.05, 0.1) is 17.6 Å². The van der Waals surface area contributed by atoms with Crippen molar-refractivity contribution in [1.82, 2.24) is 19.8 Å². The number of nitrogens with zero attached hydrogens (tertiary/aromatic N) is 3. The van der Waals surface area contributed by atoms with Gasteiger partial charge in [-0.2, -0.15) is 0 Å². The molecule has 2 amide bonds. The van der Waals surface area contributed by atoms with Gasteiger partial charge < -0.3 is 14.8 Å². The second kappa shape index (κ2) is 8.49. The highest BCUT2D eigenvalue weighted by Gasteiger charge is 2.49. The molecule has 6 nitrogen and oxygen atoms in total. The van der Waals surface area contributed by atoms with Gasteiger partial charge >= 0.3 is 0 Å². The van der Waals surface area contributed by atoms with Crippen molar-refractivity contribution in [2.24, 2.45) is 5.92 Å². The molecule has 0 radical (unpaired) electrons. The molecule has 0 spiro atoms. The normalized spacial score (nSPS) is 25.2. The SMILES string of the molecule is CC1CCCCC1NC(=O)C1(C)Cn2c(nc3ccccc32)C(=O)N1Cc1ccccc1Cl. The number of hydrogen-bond donors (Lipinski definition) is 1. The minimum absolute atomic E-state index is 0.120. The molecule has 3 aromatic rings. The van der Waals surface area contributed by atoms with Gasteiger partial charge in [0.15, 0.2) is 5.82 Å². The van der Waals surface area contributed by atoms with Gasteiger partial charge in [-0.3, -0.25) is 9.59 Å². The molecule has 2 aliphatic rings. The first kappa shape index (κ1) is 22.0. The van der Waals surface area contributed by atoms with E-state index in [1.54, 1.807) is 4.90 Å². The van der Waals surface area contributed by atoms with Crippen LogP contribution >= 0.6 is 11.6 Å². The summed E-state index contributed by atoms with van der Waals surface area (Å²) in [4.78, 5) is 33.9. The van der Waals surface area contributed by atoms with Crippen LogP contribution in [0.2, 0.25) is 5.02 Å². The average Bonchev–Trinajstić information content (AvgIpc) is 3.18. The lowest BCUT2D eigenvalue weighted by Gasteiger charge is -2.45. The Morgan fingerprint density at radius 1 is 1.15 bits per heavy atom. The van der Waals surface area contributed by atoms with Crippen LogP contribution in [0.5, 0.6) is 0 Å². The van der Waals surface area contributed by atoms with Crippen LogP contribution in [0.4, 0.5) is 0 Å². The second-order valence-corrected chi connectivity index (χ2v) is 10.0. The Balaban J connectivity index is 1.56. The number of fused-ring (bicyclic) bond motifs is 3. The Hall–Kier alpha value is -2.86. The summed E-state index contributed by atoms with van der Waals surface area (Å²) in [7, 11) is 0. The van der Waals surface area contributed by atoms with E-state index < -0.39 is 5.54 Å². The maximum atomic E-state index is 13.9. The van der Waals surface area contributed by atoms with Crippen LogP contribution in [0.15, 0.2) is 48.5 Å². The Labute approximate surface area is 198 Å². The molecule has 33 heavy (non-hydrogen) atoms. The number of carbonyl (C=O) groups excluding carboxylic acids is 2. The predicted octanol–water partition coefficient (Wildman–Crippen LogP) is 4.80. The van der Waals surface area contributed by atoms with Crippen molar-refractivity contribution in [3.8, 4) is 0 Å². The van der Waals surface area contributed by atoms with E-state index in [1.807, 2.05) is 60.0 Å². The van der Waals surface area contributed by atoms with E-state index in [-0.39, 0.29) is 24.4 Å². The fraction of sp³-hybridized carbons (Fsp3) is 0.423. The lowest BCUT2D eigenvalue weighted by atomic mass is 9.85. The molecule has 1 aliphatic carbocycles. The van der Waals surface area contributed by atoms with Crippen LogP contribution in [0.1, 0.15) is 55.7 Å². The highest BCUT2D eigenvalue weighted by atomic mass is 35.5. The number of benzene rings is 2. The summed E-state index contributed by atoms with van der Waals surface area (Å²) < 4.78 is 1.89. The third-order valence-electron chi connectivity index (χ3n) is 7.36. The lowest BCUT2D eigenvalue weighted by molar-refractivity contribution is -0.134. The Bertz CT molecular complexity index is 1220. The zero-order valence-electron chi connectivity index (χ0n) is 19.1. The highest BCUT2D eigenvalue weighted by Crippen LogP contribution is 2.34. The Morgan fingerprint density at radius 2 is 1.88 bits per heavy atom. The maximum absolute atomic E-state index is 13.9. The minimum atomic E-state index is -1.08. The standard InChI is InChI=1S/C26H29ClN4O2/c1-17-9-3-6-12-20(17)29-25(33)26(2)16-30-22-14-8-7-13-21(22)28-23(30)24(32)31(26)15-18-10-4-5-11-19(18)27/h4-5,7-8,10-11,13-14,17,20H,3,6,9,12,15-16H2,1-2H3,(H,29,33). The van der Waals surface area contributed by atoms with Gasteiger partial charge in [-0.05, 0) is 49.4 Å². The zero-order valence-corrected chi connectivity index (χ0v) is 19.8. The molecule has 1 fully saturated rings. The van der Waals surface area contributed by atoms with Crippen molar-refractivity contribution in [3.63, 3.8) is 0 Å². The van der Waals surface area contributed by atoms with Gasteiger partial charge in [0.25, 0.3) is 5.91 Å². The number of carbonyl (C=O) groups is 2. The van der Waals surface area contributed by atoms with Crippen molar-refractivity contribution < 1.29 is 9.59 Å². The zero-order chi connectivity index (χ0) is 23.2. The van der Waals surface area contributed by atoms with Crippen LogP contribution in [-0.4, -0.2) is 37.8 Å². The molecule has 2 aromatic carbocycles. The average molecular weight is 465 g/mol. The molecule has 3 atom stereocenters. The number of hydrogen-bond acceptors (Lipinski definition) is 3. The third-order valence-corrected chi connectivity index (χ3v) is 7.72. The van der Waals surface area contributed by atoms with Crippen molar-refractivity contribution in [2.45, 2.75) is 64.2 Å². The lowest BCUT2D eigenvalue weighted by Crippen LogP contribution is -2.65. The highest BCUT2D eigenvalue weighted by molar-refractivity contribution is 6.31. The van der Waals surface area contributed by atoms with Crippen molar-refractivity contribution in [2.75, 3.05) is 0 Å². The summed E-state index contributed by atoms with van der Waals surface area (Å²) in [6.07, 6.45) is 4.40. The molecule has 3 unspecified atom stereocenters. The predicted molar refractivity (Wildman–Crippen MR) is 129 cm³/mol. The van der Waals surface area contributed by atoms with Crippen molar-refractivity contribution >= 4 is 34.4 Å². The maximum Gasteiger partial charge on any atom is 0.291 e. The molecular weight excluding hydrogens is 436 g/mol. The smallest absolute Gasteiger partial charge is 0.291 e. The molecule has 0 saturated heterocycles. The third kappa shape index (κ3) is 3.80. The van der Waals surface area contributed by atoms with E-state index in [2.05, 4.69) is 17.2 Å². The summed E-state index contributed by atoms with van der Waals surface area (Å²) in [5.74, 6) is 0.406. The minimum Gasteiger partial charge on any atom is -0.351 e. The van der Waals surface area contributed by atoms with Crippen LogP contribution in [0, 0.1) is 5.92 Å². The first-order valence-electron chi connectivity index (χ1n) is 11.7. The summed E-state index contributed by atoms with van der Waals surface area (Å²) in [6, 6.07) is 15.3. The van der Waals surface area contributed by atoms with Gasteiger partial charge in [-0.15, -0.1) is 0 Å². The molecule has 2 heterocycles. The van der Waals surface area contributed by atoms with E-state index in [4.69, 9.17) is 11.6 Å². The van der Waals surface area contributed by atoms with Crippen LogP contribution in [-0.2, 0) is 17.9 Å². The molecule has 1 aromatic heterocycles. The van der Waals surface area contributed by atoms with Gasteiger partial charge in [0.1, 0.15) is 5.54 Å². The van der Waals surface area contributed by atoms with Crippen LogP contribution in [0.25, 0.3) is 11.0 Å². The molecule has 1 saturated carbocycles. The number of aromatic nitrogens is 2. The molecule has 5 rings (SSSR count). The summed E-state index contributed by atoms with van der Waals surface area (Å²) in [5, 5.41) is 3.88. The number of halogens is 1. The topological polar surface area (TPSA) is 67.2 Å². The number of amides is 2. The number of rotatable bonds is 4.